The van der Waals surface area contributed by atoms with Crippen molar-refractivity contribution in [1.82, 2.24) is 0 Å². The van der Waals surface area contributed by atoms with E-state index in [4.69, 9.17) is 15.2 Å². The number of nitrogens with one attached hydrogen (secondary N) is 1. The van der Waals surface area contributed by atoms with Crippen molar-refractivity contribution < 1.29 is 9.47 Å². The standard InChI is InChI=1S/C13H22N2O2/c1-3-6-17-7-4-5-15-12-8-11(14)9-13(10-12)16-2/h8-10,15H,3-7,14H2,1-2H3. The molecule has 4 heteroatoms. The van der Waals surface area contributed by atoms with E-state index in [9.17, 15) is 0 Å². The SMILES string of the molecule is CCCOCCCNc1cc(N)cc(OC)c1. The van der Waals surface area contributed by atoms with Crippen LogP contribution in [0, 0.1) is 0 Å². The lowest BCUT2D eigenvalue weighted by molar-refractivity contribution is 0.134. The third-order valence-corrected chi connectivity index (χ3v) is 2.31. The number of anilines is 2. The zero-order valence-electron chi connectivity index (χ0n) is 10.7. The highest BCUT2D eigenvalue weighted by Gasteiger charge is 1.98. The maximum Gasteiger partial charge on any atom is 0.122 e. The van der Waals surface area contributed by atoms with E-state index in [1.807, 2.05) is 12.1 Å². The van der Waals surface area contributed by atoms with Gasteiger partial charge in [0.15, 0.2) is 0 Å². The van der Waals surface area contributed by atoms with Crippen LogP contribution in [0.15, 0.2) is 18.2 Å². The topological polar surface area (TPSA) is 56.5 Å². The molecule has 4 nitrogen and oxygen atoms in total. The molecule has 0 unspecified atom stereocenters. The number of hydrogen-bond donors (Lipinski definition) is 2. The maximum atomic E-state index is 5.76. The van der Waals surface area contributed by atoms with Crippen molar-refractivity contribution in [3.8, 4) is 5.75 Å². The lowest BCUT2D eigenvalue weighted by Crippen LogP contribution is -2.06. The molecule has 96 valence electrons. The van der Waals surface area contributed by atoms with Gasteiger partial charge in [0.2, 0.25) is 0 Å². The van der Waals surface area contributed by atoms with Crippen LogP contribution in [-0.4, -0.2) is 26.9 Å². The zero-order chi connectivity index (χ0) is 12.5. The Kier molecular flexibility index (Phi) is 6.25. The second kappa shape index (κ2) is 7.79. The van der Waals surface area contributed by atoms with Crippen LogP contribution in [0.1, 0.15) is 19.8 Å². The highest BCUT2D eigenvalue weighted by Crippen LogP contribution is 2.21. The molecule has 1 rings (SSSR count). The third-order valence-electron chi connectivity index (χ3n) is 2.31. The summed E-state index contributed by atoms with van der Waals surface area (Å²) in [6, 6.07) is 5.63. The number of hydrogen-bond acceptors (Lipinski definition) is 4. The summed E-state index contributed by atoms with van der Waals surface area (Å²) in [4.78, 5) is 0. The molecule has 0 fully saturated rings. The molecule has 0 bridgehead atoms. The highest BCUT2D eigenvalue weighted by molar-refractivity contribution is 5.59. The second-order valence-electron chi connectivity index (χ2n) is 3.89. The Morgan fingerprint density at radius 2 is 2.06 bits per heavy atom. The van der Waals surface area contributed by atoms with Gasteiger partial charge in [0.25, 0.3) is 0 Å². The van der Waals surface area contributed by atoms with Crippen molar-refractivity contribution in [2.75, 3.05) is 37.9 Å². The Hall–Kier alpha value is -1.42. The molecule has 0 heterocycles. The highest BCUT2D eigenvalue weighted by atomic mass is 16.5. The smallest absolute Gasteiger partial charge is 0.122 e. The molecule has 3 N–H and O–H groups in total. The van der Waals surface area contributed by atoms with Crippen LogP contribution in [-0.2, 0) is 4.74 Å². The fraction of sp³-hybridized carbons (Fsp3) is 0.538. The normalized spacial score (nSPS) is 10.2. The van der Waals surface area contributed by atoms with Gasteiger partial charge in [-0.1, -0.05) is 6.92 Å². The van der Waals surface area contributed by atoms with Crippen LogP contribution in [0.4, 0.5) is 11.4 Å². The van der Waals surface area contributed by atoms with Gasteiger partial charge in [-0.05, 0) is 18.9 Å². The molecule has 0 atom stereocenters. The number of rotatable bonds is 8. The minimum atomic E-state index is 0.703. The molecule has 0 aliphatic heterocycles. The van der Waals surface area contributed by atoms with Crippen LogP contribution >= 0.6 is 0 Å². The first kappa shape index (κ1) is 13.6. The van der Waals surface area contributed by atoms with Gasteiger partial charge in [-0.3, -0.25) is 0 Å². The summed E-state index contributed by atoms with van der Waals surface area (Å²) in [7, 11) is 1.64. The fourth-order valence-corrected chi connectivity index (χ4v) is 1.50. The summed E-state index contributed by atoms with van der Waals surface area (Å²) in [5.74, 6) is 0.773. The van der Waals surface area contributed by atoms with Crippen molar-refractivity contribution >= 4 is 11.4 Å². The summed E-state index contributed by atoms with van der Waals surface area (Å²) in [6.45, 7) is 4.61. The molecule has 17 heavy (non-hydrogen) atoms. The average molecular weight is 238 g/mol. The number of methoxy groups -OCH3 is 1. The number of ether oxygens (including phenoxy) is 2. The first-order valence-electron chi connectivity index (χ1n) is 6.02. The summed E-state index contributed by atoms with van der Waals surface area (Å²) in [6.07, 6.45) is 2.05. The molecule has 0 aliphatic carbocycles. The van der Waals surface area contributed by atoms with E-state index < -0.39 is 0 Å². The summed E-state index contributed by atoms with van der Waals surface area (Å²) in [5, 5.41) is 3.30. The van der Waals surface area contributed by atoms with Crippen LogP contribution in [0.3, 0.4) is 0 Å². The Morgan fingerprint density at radius 3 is 2.76 bits per heavy atom. The summed E-state index contributed by atoms with van der Waals surface area (Å²) >= 11 is 0. The van der Waals surface area contributed by atoms with E-state index in [0.717, 1.165) is 44.0 Å². The largest absolute Gasteiger partial charge is 0.497 e. The van der Waals surface area contributed by atoms with E-state index in [2.05, 4.69) is 12.2 Å². The lowest BCUT2D eigenvalue weighted by Gasteiger charge is -2.09. The van der Waals surface area contributed by atoms with Crippen molar-refractivity contribution in [3.05, 3.63) is 18.2 Å². The first-order valence-corrected chi connectivity index (χ1v) is 6.02. The Bertz CT molecular complexity index is 329. The Labute approximate surface area is 103 Å². The number of benzene rings is 1. The number of nitrogens with two attached hydrogens (primary N) is 1. The molecule has 0 aliphatic rings. The van der Waals surface area contributed by atoms with Crippen LogP contribution in [0.25, 0.3) is 0 Å². The van der Waals surface area contributed by atoms with Crippen molar-refractivity contribution in [3.63, 3.8) is 0 Å². The molecule has 0 aromatic heterocycles. The van der Waals surface area contributed by atoms with E-state index >= 15 is 0 Å². The van der Waals surface area contributed by atoms with E-state index in [1.54, 1.807) is 13.2 Å². The molecule has 0 radical (unpaired) electrons. The van der Waals surface area contributed by atoms with Gasteiger partial charge >= 0.3 is 0 Å². The van der Waals surface area contributed by atoms with E-state index in [1.165, 1.54) is 0 Å². The predicted octanol–water partition coefficient (Wildman–Crippen LogP) is 2.51. The third kappa shape index (κ3) is 5.45. The Balaban J connectivity index is 2.28. The lowest BCUT2D eigenvalue weighted by atomic mass is 10.2. The van der Waals surface area contributed by atoms with E-state index in [-0.39, 0.29) is 0 Å². The predicted molar refractivity (Wildman–Crippen MR) is 71.6 cm³/mol. The van der Waals surface area contributed by atoms with E-state index in [0.29, 0.717) is 5.69 Å². The maximum absolute atomic E-state index is 5.76. The molecule has 1 aromatic rings. The van der Waals surface area contributed by atoms with Gasteiger partial charge in [0.1, 0.15) is 5.75 Å². The fourth-order valence-electron chi connectivity index (χ4n) is 1.50. The average Bonchev–Trinajstić information content (AvgIpc) is 2.33. The molecule has 1 aromatic carbocycles. The molecular formula is C13H22N2O2. The van der Waals surface area contributed by atoms with Crippen LogP contribution in [0.2, 0.25) is 0 Å². The van der Waals surface area contributed by atoms with Gasteiger partial charge in [-0.2, -0.15) is 0 Å². The van der Waals surface area contributed by atoms with Gasteiger partial charge in [0, 0.05) is 43.3 Å². The van der Waals surface area contributed by atoms with Gasteiger partial charge in [0.05, 0.1) is 7.11 Å². The molecule has 0 spiro atoms. The summed E-state index contributed by atoms with van der Waals surface area (Å²) in [5.41, 5.74) is 7.45. The minimum Gasteiger partial charge on any atom is -0.497 e. The minimum absolute atomic E-state index is 0.703. The molecule has 0 saturated carbocycles. The zero-order valence-corrected chi connectivity index (χ0v) is 10.7. The second-order valence-corrected chi connectivity index (χ2v) is 3.89. The molecule has 0 saturated heterocycles. The van der Waals surface area contributed by atoms with Crippen LogP contribution in [0.5, 0.6) is 5.75 Å². The summed E-state index contributed by atoms with van der Waals surface area (Å²) < 4.78 is 10.6. The van der Waals surface area contributed by atoms with Gasteiger partial charge in [-0.25, -0.2) is 0 Å². The monoisotopic (exact) mass is 238 g/mol. The Morgan fingerprint density at radius 1 is 1.24 bits per heavy atom. The quantitative estimate of drug-likeness (QED) is 0.539. The van der Waals surface area contributed by atoms with Gasteiger partial charge < -0.3 is 20.5 Å². The first-order chi connectivity index (χ1) is 8.26. The van der Waals surface area contributed by atoms with Gasteiger partial charge in [-0.15, -0.1) is 0 Å². The molecular weight excluding hydrogens is 216 g/mol. The molecule has 0 amide bonds. The van der Waals surface area contributed by atoms with Crippen LogP contribution < -0.4 is 15.8 Å². The van der Waals surface area contributed by atoms with Crippen molar-refractivity contribution in [2.45, 2.75) is 19.8 Å². The number of nitrogen functional groups attached to an aromatic ring is 1. The van der Waals surface area contributed by atoms with Crippen molar-refractivity contribution in [1.29, 1.82) is 0 Å². The van der Waals surface area contributed by atoms with Crippen molar-refractivity contribution in [2.24, 2.45) is 0 Å².